The van der Waals surface area contributed by atoms with Gasteiger partial charge in [0.25, 0.3) is 0 Å². The van der Waals surface area contributed by atoms with Crippen molar-refractivity contribution < 1.29 is 4.79 Å². The molecule has 1 aromatic rings. The minimum atomic E-state index is 0.228. The third-order valence-electron chi connectivity index (χ3n) is 4.24. The number of carbonyl (C=O) groups excluding carboxylic acids is 1. The molecule has 2 rings (SSSR count). The highest BCUT2D eigenvalue weighted by atomic mass is 16.2. The monoisotopic (exact) mass is 289 g/mol. The van der Waals surface area contributed by atoms with Gasteiger partial charge in [-0.1, -0.05) is 6.07 Å². The van der Waals surface area contributed by atoms with E-state index in [1.807, 2.05) is 23.2 Å². The van der Waals surface area contributed by atoms with E-state index in [9.17, 15) is 4.79 Å². The maximum absolute atomic E-state index is 12.5. The van der Waals surface area contributed by atoms with Crippen LogP contribution in [0.15, 0.2) is 24.5 Å². The molecule has 0 unspecified atom stereocenters. The van der Waals surface area contributed by atoms with E-state index in [0.29, 0.717) is 18.9 Å². The lowest BCUT2D eigenvalue weighted by molar-refractivity contribution is -0.133. The van der Waals surface area contributed by atoms with Gasteiger partial charge in [0.1, 0.15) is 0 Å². The van der Waals surface area contributed by atoms with Crippen molar-refractivity contribution in [2.45, 2.75) is 52.1 Å². The van der Waals surface area contributed by atoms with Gasteiger partial charge in [-0.05, 0) is 63.7 Å². The summed E-state index contributed by atoms with van der Waals surface area (Å²) in [5, 5.41) is 3.37. The summed E-state index contributed by atoms with van der Waals surface area (Å²) in [6.07, 6.45) is 7.71. The Morgan fingerprint density at radius 1 is 1.43 bits per heavy atom. The molecule has 116 valence electrons. The van der Waals surface area contributed by atoms with Crippen molar-refractivity contribution in [3.8, 4) is 0 Å². The molecule has 21 heavy (non-hydrogen) atoms. The predicted octanol–water partition coefficient (Wildman–Crippen LogP) is 2.60. The molecule has 0 radical (unpaired) electrons. The first-order chi connectivity index (χ1) is 10.2. The topological polar surface area (TPSA) is 45.2 Å². The molecule has 0 saturated carbocycles. The number of piperidine rings is 1. The molecule has 2 heterocycles. The van der Waals surface area contributed by atoms with Crippen LogP contribution >= 0.6 is 0 Å². The van der Waals surface area contributed by atoms with Crippen LogP contribution in [0.4, 0.5) is 0 Å². The fourth-order valence-corrected chi connectivity index (χ4v) is 2.89. The molecular weight excluding hydrogens is 262 g/mol. The van der Waals surface area contributed by atoms with Crippen molar-refractivity contribution in [3.05, 3.63) is 30.1 Å². The number of aromatic nitrogens is 1. The average molecular weight is 289 g/mol. The number of hydrogen-bond donors (Lipinski definition) is 1. The SMILES string of the molecule is CC(C)N(Cc1cccnc1)C(=O)CCC1CCNCC1. The minimum Gasteiger partial charge on any atom is -0.336 e. The Kier molecular flexibility index (Phi) is 6.18. The first-order valence-corrected chi connectivity index (χ1v) is 8.06. The lowest BCUT2D eigenvalue weighted by Gasteiger charge is -2.28. The molecule has 1 aliphatic heterocycles. The fraction of sp³-hybridized carbons (Fsp3) is 0.647. The van der Waals surface area contributed by atoms with Crippen molar-refractivity contribution in [1.29, 1.82) is 0 Å². The zero-order valence-electron chi connectivity index (χ0n) is 13.2. The van der Waals surface area contributed by atoms with Crippen molar-refractivity contribution in [3.63, 3.8) is 0 Å². The number of amides is 1. The summed E-state index contributed by atoms with van der Waals surface area (Å²) in [6, 6.07) is 4.18. The van der Waals surface area contributed by atoms with E-state index < -0.39 is 0 Å². The highest BCUT2D eigenvalue weighted by Gasteiger charge is 2.20. The number of hydrogen-bond acceptors (Lipinski definition) is 3. The van der Waals surface area contributed by atoms with E-state index in [2.05, 4.69) is 24.1 Å². The van der Waals surface area contributed by atoms with Gasteiger partial charge in [-0.2, -0.15) is 0 Å². The van der Waals surface area contributed by atoms with Gasteiger partial charge in [-0.3, -0.25) is 9.78 Å². The summed E-state index contributed by atoms with van der Waals surface area (Å²) in [7, 11) is 0. The van der Waals surface area contributed by atoms with Gasteiger partial charge in [-0.25, -0.2) is 0 Å². The predicted molar refractivity (Wildman–Crippen MR) is 84.8 cm³/mol. The molecule has 1 saturated heterocycles. The van der Waals surface area contributed by atoms with E-state index in [-0.39, 0.29) is 11.9 Å². The smallest absolute Gasteiger partial charge is 0.223 e. The van der Waals surface area contributed by atoms with Gasteiger partial charge >= 0.3 is 0 Å². The highest BCUT2D eigenvalue weighted by Crippen LogP contribution is 2.19. The standard InChI is InChI=1S/C17H27N3O/c1-14(2)20(13-16-4-3-9-19-12-16)17(21)6-5-15-7-10-18-11-8-15/h3-4,9,12,14-15,18H,5-8,10-11,13H2,1-2H3. The summed E-state index contributed by atoms with van der Waals surface area (Å²) >= 11 is 0. The van der Waals surface area contributed by atoms with Crippen LogP contribution in [-0.4, -0.2) is 34.9 Å². The highest BCUT2D eigenvalue weighted by molar-refractivity contribution is 5.76. The second-order valence-corrected chi connectivity index (χ2v) is 6.21. The molecule has 0 atom stereocenters. The average Bonchev–Trinajstić information content (AvgIpc) is 2.52. The molecule has 0 bridgehead atoms. The van der Waals surface area contributed by atoms with E-state index in [0.717, 1.165) is 25.1 Å². The molecule has 4 heteroatoms. The van der Waals surface area contributed by atoms with Gasteiger partial charge in [0.15, 0.2) is 0 Å². The maximum atomic E-state index is 12.5. The van der Waals surface area contributed by atoms with Gasteiger partial charge in [0.05, 0.1) is 0 Å². The van der Waals surface area contributed by atoms with Crippen molar-refractivity contribution in [2.75, 3.05) is 13.1 Å². The van der Waals surface area contributed by atoms with Gasteiger partial charge in [0, 0.05) is 31.4 Å². The summed E-state index contributed by atoms with van der Waals surface area (Å²) in [5.41, 5.74) is 1.10. The fourth-order valence-electron chi connectivity index (χ4n) is 2.89. The van der Waals surface area contributed by atoms with Crippen LogP contribution in [0.2, 0.25) is 0 Å². The molecule has 1 amide bonds. The lowest BCUT2D eigenvalue weighted by Crippen LogP contribution is -2.37. The second-order valence-electron chi connectivity index (χ2n) is 6.21. The van der Waals surface area contributed by atoms with Gasteiger partial charge in [-0.15, -0.1) is 0 Å². The van der Waals surface area contributed by atoms with E-state index in [1.165, 1.54) is 12.8 Å². The quantitative estimate of drug-likeness (QED) is 0.875. The molecular formula is C17H27N3O. The Bertz CT molecular complexity index is 427. The number of pyridine rings is 1. The zero-order valence-corrected chi connectivity index (χ0v) is 13.2. The molecule has 4 nitrogen and oxygen atoms in total. The van der Waals surface area contributed by atoms with Crippen LogP contribution in [0, 0.1) is 5.92 Å². The van der Waals surface area contributed by atoms with Crippen LogP contribution in [0.3, 0.4) is 0 Å². The number of nitrogens with one attached hydrogen (secondary N) is 1. The number of rotatable bonds is 6. The van der Waals surface area contributed by atoms with Gasteiger partial charge < -0.3 is 10.2 Å². The Morgan fingerprint density at radius 3 is 2.81 bits per heavy atom. The molecule has 0 aliphatic carbocycles. The summed E-state index contributed by atoms with van der Waals surface area (Å²) in [6.45, 7) is 7.03. The van der Waals surface area contributed by atoms with Crippen LogP contribution in [-0.2, 0) is 11.3 Å². The molecule has 0 spiro atoms. The molecule has 1 aromatic heterocycles. The lowest BCUT2D eigenvalue weighted by atomic mass is 9.93. The molecule has 1 aliphatic rings. The first-order valence-electron chi connectivity index (χ1n) is 8.06. The normalized spacial score (nSPS) is 16.1. The van der Waals surface area contributed by atoms with Crippen molar-refractivity contribution in [1.82, 2.24) is 15.2 Å². The first kappa shape index (κ1) is 16.0. The van der Waals surface area contributed by atoms with Crippen molar-refractivity contribution >= 4 is 5.91 Å². The van der Waals surface area contributed by atoms with Crippen LogP contribution in [0.25, 0.3) is 0 Å². The summed E-state index contributed by atoms with van der Waals surface area (Å²) in [4.78, 5) is 18.6. The third-order valence-corrected chi connectivity index (χ3v) is 4.24. The Labute approximate surface area is 127 Å². The van der Waals surface area contributed by atoms with Crippen LogP contribution in [0.1, 0.15) is 45.1 Å². The third kappa shape index (κ3) is 5.12. The number of nitrogens with zero attached hydrogens (tertiary/aromatic N) is 2. The molecule has 0 aromatic carbocycles. The molecule has 1 N–H and O–H groups in total. The van der Waals surface area contributed by atoms with Crippen LogP contribution in [0.5, 0.6) is 0 Å². The zero-order chi connectivity index (χ0) is 15.1. The largest absolute Gasteiger partial charge is 0.336 e. The van der Waals surface area contributed by atoms with Crippen molar-refractivity contribution in [2.24, 2.45) is 5.92 Å². The Hall–Kier alpha value is -1.42. The molecule has 1 fully saturated rings. The van der Waals surface area contributed by atoms with E-state index >= 15 is 0 Å². The summed E-state index contributed by atoms with van der Waals surface area (Å²) in [5.74, 6) is 0.981. The van der Waals surface area contributed by atoms with Crippen LogP contribution < -0.4 is 5.32 Å². The Balaban J connectivity index is 1.86. The maximum Gasteiger partial charge on any atom is 0.223 e. The number of carbonyl (C=O) groups is 1. The van der Waals surface area contributed by atoms with E-state index in [1.54, 1.807) is 6.20 Å². The summed E-state index contributed by atoms with van der Waals surface area (Å²) < 4.78 is 0. The second kappa shape index (κ2) is 8.13. The van der Waals surface area contributed by atoms with E-state index in [4.69, 9.17) is 0 Å². The van der Waals surface area contributed by atoms with Gasteiger partial charge in [0.2, 0.25) is 5.91 Å². The Morgan fingerprint density at radius 2 is 2.19 bits per heavy atom. The minimum absolute atomic E-state index is 0.228.